The molecule has 5 nitrogen and oxygen atoms in total. The van der Waals surface area contributed by atoms with Crippen LogP contribution in [0, 0.1) is 0 Å². The van der Waals surface area contributed by atoms with Gasteiger partial charge in [-0.1, -0.05) is 12.1 Å². The summed E-state index contributed by atoms with van der Waals surface area (Å²) >= 11 is 3.30. The Morgan fingerprint density at radius 2 is 2.20 bits per heavy atom. The highest BCUT2D eigenvalue weighted by atomic mass is 79.9. The van der Waals surface area contributed by atoms with E-state index >= 15 is 0 Å². The maximum Gasteiger partial charge on any atom is 0.328 e. The third-order valence-corrected chi connectivity index (χ3v) is 2.80. The van der Waals surface area contributed by atoms with E-state index in [-0.39, 0.29) is 12.5 Å². The van der Waals surface area contributed by atoms with Crippen molar-refractivity contribution < 1.29 is 19.4 Å². The Labute approximate surface area is 125 Å². The lowest BCUT2D eigenvalue weighted by atomic mass is 10.2. The van der Waals surface area contributed by atoms with Gasteiger partial charge in [-0.15, -0.1) is 6.58 Å². The van der Waals surface area contributed by atoms with E-state index in [0.717, 1.165) is 6.08 Å². The number of nitrogens with one attached hydrogen (secondary N) is 1. The summed E-state index contributed by atoms with van der Waals surface area (Å²) in [5, 5.41) is 11.1. The van der Waals surface area contributed by atoms with Crippen LogP contribution in [0.4, 0.5) is 0 Å². The molecule has 6 heteroatoms. The summed E-state index contributed by atoms with van der Waals surface area (Å²) in [5.74, 6) is -0.752. The maximum atomic E-state index is 11.4. The molecule has 1 aromatic rings. The zero-order valence-electron chi connectivity index (χ0n) is 10.6. The fourth-order valence-electron chi connectivity index (χ4n) is 1.29. The SMILES string of the molecule is C=CCNC(=O)COc1ccc(C=CC(=O)O)cc1Br. The molecule has 0 saturated carbocycles. The van der Waals surface area contributed by atoms with E-state index in [1.165, 1.54) is 6.08 Å². The Morgan fingerprint density at radius 3 is 2.80 bits per heavy atom. The summed E-state index contributed by atoms with van der Waals surface area (Å²) in [6.07, 6.45) is 4.09. The zero-order valence-corrected chi connectivity index (χ0v) is 12.2. The van der Waals surface area contributed by atoms with Crippen LogP contribution in [0.25, 0.3) is 6.08 Å². The van der Waals surface area contributed by atoms with Gasteiger partial charge in [-0.2, -0.15) is 0 Å². The quantitative estimate of drug-likeness (QED) is 0.590. The van der Waals surface area contributed by atoms with Crippen molar-refractivity contribution in [1.82, 2.24) is 5.32 Å². The summed E-state index contributed by atoms with van der Waals surface area (Å²) in [4.78, 5) is 21.8. The molecule has 0 saturated heterocycles. The van der Waals surface area contributed by atoms with E-state index in [9.17, 15) is 9.59 Å². The summed E-state index contributed by atoms with van der Waals surface area (Å²) in [5.41, 5.74) is 0.711. The largest absolute Gasteiger partial charge is 0.483 e. The number of aliphatic carboxylic acids is 1. The molecule has 2 N–H and O–H groups in total. The summed E-state index contributed by atoms with van der Waals surface area (Å²) < 4.78 is 5.98. The molecule has 0 bridgehead atoms. The van der Waals surface area contributed by atoms with Crippen LogP contribution in [0.15, 0.2) is 41.4 Å². The van der Waals surface area contributed by atoms with Crippen molar-refractivity contribution in [1.29, 1.82) is 0 Å². The number of benzene rings is 1. The number of rotatable bonds is 7. The van der Waals surface area contributed by atoms with Gasteiger partial charge in [-0.05, 0) is 39.7 Å². The molecule has 20 heavy (non-hydrogen) atoms. The molecule has 1 amide bonds. The van der Waals surface area contributed by atoms with Crippen LogP contribution >= 0.6 is 15.9 Å². The van der Waals surface area contributed by atoms with E-state index < -0.39 is 5.97 Å². The van der Waals surface area contributed by atoms with Crippen LogP contribution in [0.5, 0.6) is 5.75 Å². The van der Waals surface area contributed by atoms with E-state index in [0.29, 0.717) is 22.3 Å². The van der Waals surface area contributed by atoms with Crippen molar-refractivity contribution in [2.24, 2.45) is 0 Å². The molecule has 0 unspecified atom stereocenters. The molecular formula is C14H14BrNO4. The van der Waals surface area contributed by atoms with Crippen molar-refractivity contribution in [3.63, 3.8) is 0 Å². The van der Waals surface area contributed by atoms with Gasteiger partial charge in [0.2, 0.25) is 0 Å². The van der Waals surface area contributed by atoms with Crippen molar-refractivity contribution >= 4 is 33.9 Å². The lowest BCUT2D eigenvalue weighted by Crippen LogP contribution is -2.28. The predicted octanol–water partition coefficient (Wildman–Crippen LogP) is 2.23. The van der Waals surface area contributed by atoms with Crippen LogP contribution in [0.1, 0.15) is 5.56 Å². The second-order valence-corrected chi connectivity index (χ2v) is 4.60. The molecule has 0 aromatic heterocycles. The van der Waals surface area contributed by atoms with E-state index in [4.69, 9.17) is 9.84 Å². The van der Waals surface area contributed by atoms with E-state index in [2.05, 4.69) is 27.8 Å². The molecule has 0 radical (unpaired) electrons. The van der Waals surface area contributed by atoms with Crippen LogP contribution in [0.3, 0.4) is 0 Å². The van der Waals surface area contributed by atoms with Crippen LogP contribution in [0.2, 0.25) is 0 Å². The second kappa shape index (κ2) is 8.16. The maximum absolute atomic E-state index is 11.4. The van der Waals surface area contributed by atoms with Gasteiger partial charge in [-0.3, -0.25) is 4.79 Å². The van der Waals surface area contributed by atoms with Gasteiger partial charge in [0.05, 0.1) is 4.47 Å². The molecule has 0 spiro atoms. The number of halogens is 1. The summed E-state index contributed by atoms with van der Waals surface area (Å²) in [6.45, 7) is 3.78. The number of carboxylic acid groups (broad SMARTS) is 1. The second-order valence-electron chi connectivity index (χ2n) is 3.74. The molecule has 1 aromatic carbocycles. The third-order valence-electron chi connectivity index (χ3n) is 2.18. The number of hydrogen-bond acceptors (Lipinski definition) is 3. The molecule has 0 aliphatic rings. The number of ether oxygens (including phenoxy) is 1. The van der Waals surface area contributed by atoms with E-state index in [1.807, 2.05) is 0 Å². The topological polar surface area (TPSA) is 75.6 Å². The minimum Gasteiger partial charge on any atom is -0.483 e. The Bertz CT molecular complexity index is 540. The molecule has 0 aliphatic carbocycles. The number of carboxylic acids is 1. The molecule has 0 aliphatic heterocycles. The van der Waals surface area contributed by atoms with Gasteiger partial charge in [0, 0.05) is 12.6 Å². The highest BCUT2D eigenvalue weighted by Gasteiger charge is 2.05. The molecule has 106 valence electrons. The monoisotopic (exact) mass is 339 g/mol. The fraction of sp³-hybridized carbons (Fsp3) is 0.143. The normalized spacial score (nSPS) is 10.2. The standard InChI is InChI=1S/C14H14BrNO4/c1-2-7-16-13(17)9-20-12-5-3-10(8-11(12)15)4-6-14(18)19/h2-6,8H,1,7,9H2,(H,16,17)(H,18,19). The van der Waals surface area contributed by atoms with Gasteiger partial charge in [0.1, 0.15) is 5.75 Å². The van der Waals surface area contributed by atoms with Gasteiger partial charge in [-0.25, -0.2) is 4.79 Å². The zero-order chi connectivity index (χ0) is 15.0. The van der Waals surface area contributed by atoms with Gasteiger partial charge in [0.25, 0.3) is 5.91 Å². The Kier molecular flexibility index (Phi) is 6.52. The van der Waals surface area contributed by atoms with Crippen LogP contribution < -0.4 is 10.1 Å². The van der Waals surface area contributed by atoms with Gasteiger partial charge >= 0.3 is 5.97 Å². The number of amides is 1. The number of hydrogen-bond donors (Lipinski definition) is 2. The molecule has 0 fully saturated rings. The lowest BCUT2D eigenvalue weighted by Gasteiger charge is -2.08. The first-order valence-electron chi connectivity index (χ1n) is 5.74. The first kappa shape index (κ1) is 16.0. The minimum absolute atomic E-state index is 0.100. The molecule has 0 atom stereocenters. The van der Waals surface area contributed by atoms with Gasteiger partial charge in [0.15, 0.2) is 6.61 Å². The number of carbonyl (C=O) groups is 2. The highest BCUT2D eigenvalue weighted by molar-refractivity contribution is 9.10. The summed E-state index contributed by atoms with van der Waals surface area (Å²) in [7, 11) is 0. The van der Waals surface area contributed by atoms with E-state index in [1.54, 1.807) is 24.3 Å². The smallest absolute Gasteiger partial charge is 0.328 e. The fourth-order valence-corrected chi connectivity index (χ4v) is 1.80. The molecule has 1 rings (SSSR count). The minimum atomic E-state index is -1.01. The predicted molar refractivity (Wildman–Crippen MR) is 79.5 cm³/mol. The Morgan fingerprint density at radius 1 is 1.45 bits per heavy atom. The first-order valence-corrected chi connectivity index (χ1v) is 6.53. The highest BCUT2D eigenvalue weighted by Crippen LogP contribution is 2.26. The van der Waals surface area contributed by atoms with Crippen molar-refractivity contribution in [2.45, 2.75) is 0 Å². The van der Waals surface area contributed by atoms with Crippen LogP contribution in [-0.2, 0) is 9.59 Å². The lowest BCUT2D eigenvalue weighted by molar-refractivity contribution is -0.131. The van der Waals surface area contributed by atoms with Crippen LogP contribution in [-0.4, -0.2) is 30.1 Å². The molecular weight excluding hydrogens is 326 g/mol. The van der Waals surface area contributed by atoms with Gasteiger partial charge < -0.3 is 15.2 Å². The average molecular weight is 340 g/mol. The van der Waals surface area contributed by atoms with Crippen molar-refractivity contribution in [2.75, 3.05) is 13.2 Å². The Hall–Kier alpha value is -2.08. The third kappa shape index (κ3) is 5.71. The van der Waals surface area contributed by atoms with Crippen molar-refractivity contribution in [3.8, 4) is 5.75 Å². The average Bonchev–Trinajstić information content (AvgIpc) is 2.41. The first-order chi connectivity index (χ1) is 9.52. The van der Waals surface area contributed by atoms with Crippen molar-refractivity contribution in [3.05, 3.63) is 47.0 Å². The Balaban J connectivity index is 2.62. The number of carbonyl (C=O) groups excluding carboxylic acids is 1. The summed E-state index contributed by atoms with van der Waals surface area (Å²) in [6, 6.07) is 5.06. The molecule has 0 heterocycles.